The summed E-state index contributed by atoms with van der Waals surface area (Å²) in [4.78, 5) is 17.1. The highest BCUT2D eigenvalue weighted by molar-refractivity contribution is 6.24. The molecule has 1 aliphatic rings. The number of hydrogen-bond acceptors (Lipinski definition) is 3. The van der Waals surface area contributed by atoms with Gasteiger partial charge in [0.25, 0.3) is 5.91 Å². The average molecular weight is 296 g/mol. The zero-order valence-corrected chi connectivity index (χ0v) is 12.7. The van der Waals surface area contributed by atoms with E-state index in [1.807, 2.05) is 53.4 Å². The van der Waals surface area contributed by atoms with Gasteiger partial charge in [-0.3, -0.25) is 4.79 Å². The fraction of sp³-hybridized carbons (Fsp3) is 0.278. The van der Waals surface area contributed by atoms with Crippen molar-refractivity contribution >= 4 is 17.6 Å². The van der Waals surface area contributed by atoms with Gasteiger partial charge in [-0.1, -0.05) is 30.3 Å². The molecule has 22 heavy (non-hydrogen) atoms. The number of carbonyl (C=O) groups excluding carboxylic acids is 1. The van der Waals surface area contributed by atoms with Crippen LogP contribution in [0.2, 0.25) is 0 Å². The second-order valence-electron chi connectivity index (χ2n) is 5.53. The predicted molar refractivity (Wildman–Crippen MR) is 87.1 cm³/mol. The molecule has 2 aromatic rings. The summed E-state index contributed by atoms with van der Waals surface area (Å²) in [6, 6.07) is 13.5. The highest BCUT2D eigenvalue weighted by atomic mass is 16.3. The lowest BCUT2D eigenvalue weighted by atomic mass is 10.0. The Morgan fingerprint density at radius 2 is 1.77 bits per heavy atom. The monoisotopic (exact) mass is 296 g/mol. The molecule has 1 aliphatic heterocycles. The molecular formula is C18H20N2O2. The van der Waals surface area contributed by atoms with E-state index < -0.39 is 0 Å². The molecule has 1 saturated heterocycles. The van der Waals surface area contributed by atoms with Crippen molar-refractivity contribution in [3.05, 3.63) is 60.1 Å². The summed E-state index contributed by atoms with van der Waals surface area (Å²) in [6.45, 7) is 3.35. The van der Waals surface area contributed by atoms with Crippen molar-refractivity contribution in [3.63, 3.8) is 0 Å². The number of carbonyl (C=O) groups is 1. The Labute approximate surface area is 130 Å². The summed E-state index contributed by atoms with van der Waals surface area (Å²) in [6.07, 6.45) is 3.45. The van der Waals surface area contributed by atoms with Crippen LogP contribution in [0.3, 0.4) is 0 Å². The fourth-order valence-corrected chi connectivity index (χ4v) is 2.58. The van der Waals surface area contributed by atoms with Gasteiger partial charge in [-0.15, -0.1) is 0 Å². The van der Waals surface area contributed by atoms with Gasteiger partial charge < -0.3 is 14.2 Å². The smallest absolute Gasteiger partial charge is 0.254 e. The number of furan rings is 1. The Kier molecular flexibility index (Phi) is 4.39. The van der Waals surface area contributed by atoms with Crippen LogP contribution in [-0.2, 0) is 4.79 Å². The van der Waals surface area contributed by atoms with Crippen LogP contribution in [-0.4, -0.2) is 48.9 Å². The summed E-state index contributed by atoms with van der Waals surface area (Å²) in [5, 5.41) is 0. The molecule has 3 rings (SSSR count). The Morgan fingerprint density at radius 3 is 2.41 bits per heavy atom. The summed E-state index contributed by atoms with van der Waals surface area (Å²) in [5.74, 6) is 0.761. The maximum absolute atomic E-state index is 12.9. The first-order valence-electron chi connectivity index (χ1n) is 7.52. The number of hydrogen-bond donors (Lipinski definition) is 0. The van der Waals surface area contributed by atoms with Crippen molar-refractivity contribution < 1.29 is 9.21 Å². The largest absolute Gasteiger partial charge is 0.465 e. The quantitative estimate of drug-likeness (QED) is 0.817. The molecule has 4 nitrogen and oxygen atoms in total. The topological polar surface area (TPSA) is 36.7 Å². The number of nitrogens with zero attached hydrogens (tertiary/aromatic N) is 2. The van der Waals surface area contributed by atoms with Gasteiger partial charge >= 0.3 is 0 Å². The highest BCUT2D eigenvalue weighted by Crippen LogP contribution is 2.21. The average Bonchev–Trinajstić information content (AvgIpc) is 3.07. The van der Waals surface area contributed by atoms with Crippen LogP contribution in [0.25, 0.3) is 11.6 Å². The second-order valence-corrected chi connectivity index (χ2v) is 5.53. The molecule has 0 bridgehead atoms. The van der Waals surface area contributed by atoms with Crippen LogP contribution in [0.4, 0.5) is 0 Å². The van der Waals surface area contributed by atoms with Crippen LogP contribution in [0, 0.1) is 0 Å². The van der Waals surface area contributed by atoms with Crippen molar-refractivity contribution in [2.24, 2.45) is 0 Å². The first-order valence-corrected chi connectivity index (χ1v) is 7.52. The maximum Gasteiger partial charge on any atom is 0.254 e. The standard InChI is InChI=1S/C18H20N2O2/c1-19-9-11-20(12-10-19)18(21)17(14-16-8-5-13-22-16)15-6-3-2-4-7-15/h2-8,13-14H,9-12H2,1H3/b17-14+. The van der Waals surface area contributed by atoms with Crippen LogP contribution >= 0.6 is 0 Å². The molecule has 1 aromatic heterocycles. The molecule has 0 aliphatic carbocycles. The van der Waals surface area contributed by atoms with E-state index in [1.165, 1.54) is 0 Å². The van der Waals surface area contributed by atoms with Crippen LogP contribution in [0.1, 0.15) is 11.3 Å². The van der Waals surface area contributed by atoms with Gasteiger partial charge in [-0.25, -0.2) is 0 Å². The Hall–Kier alpha value is -2.33. The van der Waals surface area contributed by atoms with Crippen LogP contribution in [0.15, 0.2) is 53.1 Å². The normalized spacial score (nSPS) is 16.8. The number of rotatable bonds is 3. The predicted octanol–water partition coefficient (Wildman–Crippen LogP) is 2.59. The lowest BCUT2D eigenvalue weighted by Gasteiger charge is -2.33. The molecule has 1 aromatic carbocycles. The third-order valence-electron chi connectivity index (χ3n) is 3.94. The summed E-state index contributed by atoms with van der Waals surface area (Å²) in [5.41, 5.74) is 1.60. The van der Waals surface area contributed by atoms with Gasteiger partial charge in [-0.05, 0) is 30.8 Å². The van der Waals surface area contributed by atoms with Crippen molar-refractivity contribution in [3.8, 4) is 0 Å². The summed E-state index contributed by atoms with van der Waals surface area (Å²) < 4.78 is 5.38. The van der Waals surface area contributed by atoms with Gasteiger partial charge in [-0.2, -0.15) is 0 Å². The minimum atomic E-state index is 0.0655. The molecule has 0 saturated carbocycles. The molecule has 114 valence electrons. The molecule has 0 spiro atoms. The van der Waals surface area contributed by atoms with Crippen molar-refractivity contribution in [1.82, 2.24) is 9.80 Å². The van der Waals surface area contributed by atoms with E-state index in [1.54, 1.807) is 6.26 Å². The Bertz CT molecular complexity index is 639. The zero-order chi connectivity index (χ0) is 15.4. The zero-order valence-electron chi connectivity index (χ0n) is 12.7. The molecule has 2 heterocycles. The number of benzene rings is 1. The molecule has 0 N–H and O–H groups in total. The molecule has 0 atom stereocenters. The Balaban J connectivity index is 1.90. The summed E-state index contributed by atoms with van der Waals surface area (Å²) >= 11 is 0. The summed E-state index contributed by atoms with van der Waals surface area (Å²) in [7, 11) is 2.08. The third-order valence-corrected chi connectivity index (χ3v) is 3.94. The lowest BCUT2D eigenvalue weighted by Crippen LogP contribution is -2.47. The third kappa shape index (κ3) is 3.28. The number of amides is 1. The number of likely N-dealkylation sites (N-methyl/N-ethyl adjacent to an activating group) is 1. The first-order chi connectivity index (χ1) is 10.7. The number of piperazine rings is 1. The van der Waals surface area contributed by atoms with Gasteiger partial charge in [0.15, 0.2) is 0 Å². The van der Waals surface area contributed by atoms with Gasteiger partial charge in [0.1, 0.15) is 5.76 Å². The first kappa shape index (κ1) is 14.6. The van der Waals surface area contributed by atoms with E-state index in [2.05, 4.69) is 11.9 Å². The minimum Gasteiger partial charge on any atom is -0.465 e. The van der Waals surface area contributed by atoms with E-state index in [0.29, 0.717) is 11.3 Å². The molecule has 0 unspecified atom stereocenters. The van der Waals surface area contributed by atoms with Crippen molar-refractivity contribution in [2.45, 2.75) is 0 Å². The molecular weight excluding hydrogens is 276 g/mol. The Morgan fingerprint density at radius 1 is 1.05 bits per heavy atom. The van der Waals surface area contributed by atoms with E-state index in [0.717, 1.165) is 31.7 Å². The minimum absolute atomic E-state index is 0.0655. The van der Waals surface area contributed by atoms with Gasteiger partial charge in [0.2, 0.25) is 0 Å². The van der Waals surface area contributed by atoms with Crippen LogP contribution in [0.5, 0.6) is 0 Å². The fourth-order valence-electron chi connectivity index (χ4n) is 2.58. The van der Waals surface area contributed by atoms with Gasteiger partial charge in [0, 0.05) is 26.2 Å². The van der Waals surface area contributed by atoms with Crippen LogP contribution < -0.4 is 0 Å². The van der Waals surface area contributed by atoms with E-state index >= 15 is 0 Å². The van der Waals surface area contributed by atoms with E-state index in [9.17, 15) is 4.79 Å². The van der Waals surface area contributed by atoms with Crippen molar-refractivity contribution in [2.75, 3.05) is 33.2 Å². The lowest BCUT2D eigenvalue weighted by molar-refractivity contribution is -0.126. The molecule has 1 fully saturated rings. The molecule has 4 heteroatoms. The van der Waals surface area contributed by atoms with E-state index in [4.69, 9.17) is 4.42 Å². The van der Waals surface area contributed by atoms with E-state index in [-0.39, 0.29) is 5.91 Å². The van der Waals surface area contributed by atoms with Crippen molar-refractivity contribution in [1.29, 1.82) is 0 Å². The van der Waals surface area contributed by atoms with Gasteiger partial charge in [0.05, 0.1) is 11.8 Å². The SMILES string of the molecule is CN1CCN(C(=O)/C(=C/c2ccco2)c2ccccc2)CC1. The maximum atomic E-state index is 12.9. The molecule has 0 radical (unpaired) electrons. The highest BCUT2D eigenvalue weighted by Gasteiger charge is 2.23. The second kappa shape index (κ2) is 6.62. The molecule has 1 amide bonds.